The van der Waals surface area contributed by atoms with Crippen LogP contribution in [0.4, 0.5) is 0 Å². The van der Waals surface area contributed by atoms with Crippen molar-refractivity contribution >= 4 is 5.97 Å². The molecule has 0 amide bonds. The maximum absolute atomic E-state index is 11.5. The highest BCUT2D eigenvalue weighted by Crippen LogP contribution is 2.66. The Morgan fingerprint density at radius 2 is 1.75 bits per heavy atom. The summed E-state index contributed by atoms with van der Waals surface area (Å²) in [5.74, 6) is 0.863. The third-order valence-corrected chi connectivity index (χ3v) is 11.5. The van der Waals surface area contributed by atoms with Crippen LogP contribution in [-0.4, -0.2) is 67.6 Å². The Morgan fingerprint density at radius 1 is 1.06 bits per heavy atom. The zero-order valence-corrected chi connectivity index (χ0v) is 22.9. The molecule has 0 heterocycles. The lowest BCUT2D eigenvalue weighted by Crippen LogP contribution is -2.67. The predicted molar refractivity (Wildman–Crippen MR) is 136 cm³/mol. The van der Waals surface area contributed by atoms with E-state index in [1.807, 2.05) is 13.8 Å². The Morgan fingerprint density at radius 3 is 2.39 bits per heavy atom. The predicted octanol–water partition coefficient (Wildman–Crippen LogP) is 3.04. The van der Waals surface area contributed by atoms with Gasteiger partial charge >= 0.3 is 5.97 Å². The van der Waals surface area contributed by atoms with Gasteiger partial charge < -0.3 is 30.3 Å². The molecule has 0 saturated heterocycles. The normalized spacial score (nSPS) is 46.3. The zero-order valence-electron chi connectivity index (χ0n) is 22.9. The molecule has 4 aliphatic rings. The van der Waals surface area contributed by atoms with Crippen molar-refractivity contribution in [3.63, 3.8) is 0 Å². The van der Waals surface area contributed by atoms with Crippen LogP contribution in [0.1, 0.15) is 92.4 Å². The van der Waals surface area contributed by atoms with E-state index in [-0.39, 0.29) is 54.5 Å². The Bertz CT molecular complexity index is 800. The maximum Gasteiger partial charge on any atom is 0.303 e. The number of aliphatic hydroxyl groups excluding tert-OH is 4. The summed E-state index contributed by atoms with van der Waals surface area (Å²) in [5, 5.41) is 54.5. The molecule has 208 valence electrons. The highest BCUT2D eigenvalue weighted by atomic mass is 16.6. The number of carbonyl (C=O) groups is 1. The second-order valence-electron chi connectivity index (χ2n) is 13.6. The molecule has 4 saturated carbocycles. The van der Waals surface area contributed by atoms with Crippen LogP contribution in [0, 0.1) is 46.8 Å². The molecule has 4 unspecified atom stereocenters. The van der Waals surface area contributed by atoms with Gasteiger partial charge in [0, 0.05) is 25.9 Å². The molecule has 0 aromatic rings. The molecule has 4 aliphatic carbocycles. The van der Waals surface area contributed by atoms with Crippen LogP contribution < -0.4 is 0 Å². The van der Waals surface area contributed by atoms with Gasteiger partial charge in [0.25, 0.3) is 0 Å². The summed E-state index contributed by atoms with van der Waals surface area (Å²) in [4.78, 5) is 11.5. The van der Waals surface area contributed by atoms with E-state index in [1.165, 1.54) is 6.92 Å². The van der Waals surface area contributed by atoms with Gasteiger partial charge in [0.15, 0.2) is 0 Å². The van der Waals surface area contributed by atoms with E-state index >= 15 is 0 Å². The molecule has 0 aromatic heterocycles. The first-order chi connectivity index (χ1) is 16.8. The maximum atomic E-state index is 11.5. The lowest BCUT2D eigenvalue weighted by atomic mass is 9.46. The molecule has 0 bridgehead atoms. The van der Waals surface area contributed by atoms with Crippen molar-refractivity contribution in [3.8, 4) is 0 Å². The van der Waals surface area contributed by atoms with Gasteiger partial charge in [0.2, 0.25) is 0 Å². The number of aliphatic hydroxyl groups is 5. The Labute approximate surface area is 216 Å². The second-order valence-corrected chi connectivity index (χ2v) is 13.6. The van der Waals surface area contributed by atoms with Crippen molar-refractivity contribution in [2.24, 2.45) is 46.8 Å². The third kappa shape index (κ3) is 4.66. The van der Waals surface area contributed by atoms with Crippen molar-refractivity contribution in [1.82, 2.24) is 0 Å². The number of ether oxygens (including phenoxy) is 1. The largest absolute Gasteiger partial charge is 0.460 e. The molecule has 5 N–H and O–H groups in total. The molecule has 0 radical (unpaired) electrons. The second kappa shape index (κ2) is 10.1. The quantitative estimate of drug-likeness (QED) is 0.333. The SMILES string of the molecule is CC(=O)OC(C)(C)[C@@H](C)CC[C@@H](C)[C@H]1CCC2C3C[C@@H](O)[C@@]4(O)C[C@@H](O)C[C@@H](O)C4C3CC[C@@]21CO. The zero-order chi connectivity index (χ0) is 26.6. The van der Waals surface area contributed by atoms with Crippen molar-refractivity contribution in [1.29, 1.82) is 0 Å². The van der Waals surface area contributed by atoms with Crippen LogP contribution in [0.5, 0.6) is 0 Å². The summed E-state index contributed by atoms with van der Waals surface area (Å²) in [6.07, 6.45) is 3.95. The summed E-state index contributed by atoms with van der Waals surface area (Å²) in [6, 6.07) is 0. The lowest BCUT2D eigenvalue weighted by molar-refractivity contribution is -0.251. The van der Waals surface area contributed by atoms with E-state index in [0.717, 1.165) is 38.5 Å². The molecular weight excluding hydrogens is 460 g/mol. The van der Waals surface area contributed by atoms with Crippen molar-refractivity contribution in [2.75, 3.05) is 6.61 Å². The first kappa shape index (κ1) is 28.3. The molecule has 4 rings (SSSR count). The molecule has 0 spiro atoms. The van der Waals surface area contributed by atoms with E-state index in [2.05, 4.69) is 13.8 Å². The summed E-state index contributed by atoms with van der Waals surface area (Å²) in [5.41, 5.74) is -2.14. The number of hydrogen-bond acceptors (Lipinski definition) is 7. The van der Waals surface area contributed by atoms with Crippen LogP contribution in [0.3, 0.4) is 0 Å². The number of hydrogen-bond donors (Lipinski definition) is 5. The first-order valence-corrected chi connectivity index (χ1v) is 14.3. The van der Waals surface area contributed by atoms with E-state index in [4.69, 9.17) is 4.74 Å². The first-order valence-electron chi connectivity index (χ1n) is 14.3. The van der Waals surface area contributed by atoms with Gasteiger partial charge in [0.1, 0.15) is 5.60 Å². The minimum absolute atomic E-state index is 0.101. The van der Waals surface area contributed by atoms with Crippen LogP contribution in [0.15, 0.2) is 0 Å². The number of fused-ring (bicyclic) bond motifs is 5. The van der Waals surface area contributed by atoms with Crippen LogP contribution in [-0.2, 0) is 9.53 Å². The van der Waals surface area contributed by atoms with Gasteiger partial charge in [-0.25, -0.2) is 0 Å². The molecule has 36 heavy (non-hydrogen) atoms. The fourth-order valence-corrected chi connectivity index (χ4v) is 9.48. The van der Waals surface area contributed by atoms with E-state index in [1.54, 1.807) is 0 Å². The van der Waals surface area contributed by atoms with Gasteiger partial charge in [-0.15, -0.1) is 0 Å². The molecule has 4 fully saturated rings. The van der Waals surface area contributed by atoms with Crippen LogP contribution >= 0.6 is 0 Å². The van der Waals surface area contributed by atoms with E-state index in [0.29, 0.717) is 18.3 Å². The highest BCUT2D eigenvalue weighted by Gasteiger charge is 2.65. The average Bonchev–Trinajstić information content (AvgIpc) is 3.16. The molecule has 7 nitrogen and oxygen atoms in total. The van der Waals surface area contributed by atoms with Gasteiger partial charge in [-0.1, -0.05) is 20.3 Å². The van der Waals surface area contributed by atoms with Crippen LogP contribution in [0.25, 0.3) is 0 Å². The fraction of sp³-hybridized carbons (Fsp3) is 0.966. The number of carbonyl (C=O) groups excluding carboxylic acids is 1. The minimum Gasteiger partial charge on any atom is -0.460 e. The van der Waals surface area contributed by atoms with Crippen molar-refractivity contribution < 1.29 is 35.1 Å². The topological polar surface area (TPSA) is 127 Å². The fourth-order valence-electron chi connectivity index (χ4n) is 9.48. The monoisotopic (exact) mass is 510 g/mol. The summed E-state index contributed by atoms with van der Waals surface area (Å²) in [6.45, 7) is 9.96. The third-order valence-electron chi connectivity index (χ3n) is 11.5. The summed E-state index contributed by atoms with van der Waals surface area (Å²) < 4.78 is 5.56. The lowest BCUT2D eigenvalue weighted by Gasteiger charge is -2.61. The standard InChI is InChI=1S/C29H50O7/c1-16(6-7-17(2)27(4,5)36-18(3)31)22-8-9-23-21-13-25(34)29(35)14-19(32)12-24(33)26(29)20(21)10-11-28(22,23)15-30/h16-17,19-26,30,32-35H,6-15H2,1-5H3/t16-,17+,19+,20?,21?,22-,23?,24-,25-,26?,28+,29+/m1/s1. The van der Waals surface area contributed by atoms with Crippen molar-refractivity contribution in [3.05, 3.63) is 0 Å². The van der Waals surface area contributed by atoms with Gasteiger partial charge in [-0.05, 0) is 99.7 Å². The number of esters is 1. The van der Waals surface area contributed by atoms with Gasteiger partial charge in [-0.3, -0.25) is 4.79 Å². The van der Waals surface area contributed by atoms with Gasteiger partial charge in [-0.2, -0.15) is 0 Å². The Kier molecular flexibility index (Phi) is 7.94. The highest BCUT2D eigenvalue weighted by molar-refractivity contribution is 5.66. The van der Waals surface area contributed by atoms with Gasteiger partial charge in [0.05, 0.1) is 23.9 Å². The number of rotatable bonds is 7. The minimum atomic E-state index is -1.44. The molecule has 7 heteroatoms. The van der Waals surface area contributed by atoms with E-state index < -0.39 is 35.4 Å². The smallest absolute Gasteiger partial charge is 0.303 e. The van der Waals surface area contributed by atoms with Crippen LogP contribution in [0.2, 0.25) is 0 Å². The summed E-state index contributed by atoms with van der Waals surface area (Å²) in [7, 11) is 0. The molecule has 0 aromatic carbocycles. The Hall–Kier alpha value is -0.730. The van der Waals surface area contributed by atoms with Crippen molar-refractivity contribution in [2.45, 2.75) is 122 Å². The van der Waals surface area contributed by atoms with E-state index in [9.17, 15) is 30.3 Å². The molecule has 12 atom stereocenters. The summed E-state index contributed by atoms with van der Waals surface area (Å²) >= 11 is 0. The average molecular weight is 511 g/mol. The molecule has 0 aliphatic heterocycles. The Balaban J connectivity index is 1.49. The molecular formula is C29H50O7.